The number of hydrogen-bond acceptors (Lipinski definition) is 2. The number of carboxylic acids is 1. The minimum absolute atomic E-state index is 0.0430. The molecule has 4 nitrogen and oxygen atoms in total. The first-order valence-corrected chi connectivity index (χ1v) is 5.70. The molecule has 1 rings (SSSR count). The second-order valence-corrected chi connectivity index (χ2v) is 4.25. The van der Waals surface area contributed by atoms with Crippen molar-refractivity contribution in [3.05, 3.63) is 12.2 Å². The second kappa shape index (κ2) is 5.68. The largest absolute Gasteiger partial charge is 0.481 e. The molecular formula is C12H19NO3. The van der Waals surface area contributed by atoms with Crippen molar-refractivity contribution in [2.75, 3.05) is 13.6 Å². The fourth-order valence-corrected chi connectivity index (χ4v) is 2.09. The highest BCUT2D eigenvalue weighted by atomic mass is 16.4. The van der Waals surface area contributed by atoms with E-state index >= 15 is 0 Å². The minimum Gasteiger partial charge on any atom is -0.481 e. The molecule has 0 saturated carbocycles. The van der Waals surface area contributed by atoms with Crippen LogP contribution in [0.2, 0.25) is 0 Å². The van der Waals surface area contributed by atoms with Crippen LogP contribution in [0.15, 0.2) is 12.2 Å². The molecule has 2 unspecified atom stereocenters. The van der Waals surface area contributed by atoms with Gasteiger partial charge in [-0.15, -0.1) is 0 Å². The SMILES string of the molecule is CCCN(C)C(=O)C1CC=CCC1C(=O)O. The maximum atomic E-state index is 12.0. The molecule has 4 heteroatoms. The van der Waals surface area contributed by atoms with Crippen LogP contribution >= 0.6 is 0 Å². The van der Waals surface area contributed by atoms with E-state index in [9.17, 15) is 9.59 Å². The van der Waals surface area contributed by atoms with Gasteiger partial charge in [-0.2, -0.15) is 0 Å². The number of nitrogens with zero attached hydrogens (tertiary/aromatic N) is 1. The molecule has 1 N–H and O–H groups in total. The Morgan fingerprint density at radius 3 is 2.38 bits per heavy atom. The molecule has 0 radical (unpaired) electrons. The Balaban J connectivity index is 2.72. The molecule has 0 heterocycles. The van der Waals surface area contributed by atoms with Crippen LogP contribution in [0.3, 0.4) is 0 Å². The average Bonchev–Trinajstić information content (AvgIpc) is 2.28. The summed E-state index contributed by atoms with van der Waals surface area (Å²) in [4.78, 5) is 24.7. The van der Waals surface area contributed by atoms with E-state index in [2.05, 4.69) is 0 Å². The minimum atomic E-state index is -0.868. The first kappa shape index (κ1) is 12.7. The first-order valence-electron chi connectivity index (χ1n) is 5.70. The van der Waals surface area contributed by atoms with Gasteiger partial charge in [0.1, 0.15) is 0 Å². The lowest BCUT2D eigenvalue weighted by atomic mass is 9.82. The summed E-state index contributed by atoms with van der Waals surface area (Å²) >= 11 is 0. The van der Waals surface area contributed by atoms with Gasteiger partial charge in [-0.05, 0) is 19.3 Å². The van der Waals surface area contributed by atoms with Gasteiger partial charge in [-0.25, -0.2) is 0 Å². The third kappa shape index (κ3) is 2.84. The molecule has 90 valence electrons. The molecule has 0 saturated heterocycles. The molecule has 0 aliphatic heterocycles. The van der Waals surface area contributed by atoms with Gasteiger partial charge in [0, 0.05) is 13.6 Å². The first-order chi connectivity index (χ1) is 7.57. The van der Waals surface area contributed by atoms with Gasteiger partial charge in [0.2, 0.25) is 5.91 Å². The molecule has 1 aliphatic carbocycles. The zero-order chi connectivity index (χ0) is 12.1. The lowest BCUT2D eigenvalue weighted by Crippen LogP contribution is -2.40. The molecule has 0 aromatic rings. The maximum absolute atomic E-state index is 12.0. The Morgan fingerprint density at radius 1 is 1.31 bits per heavy atom. The molecule has 16 heavy (non-hydrogen) atoms. The second-order valence-electron chi connectivity index (χ2n) is 4.25. The van der Waals surface area contributed by atoms with Crippen molar-refractivity contribution >= 4 is 11.9 Å². The fraction of sp³-hybridized carbons (Fsp3) is 0.667. The van der Waals surface area contributed by atoms with E-state index in [1.807, 2.05) is 19.1 Å². The Labute approximate surface area is 95.9 Å². The van der Waals surface area contributed by atoms with Crippen LogP contribution in [0.4, 0.5) is 0 Å². The fourth-order valence-electron chi connectivity index (χ4n) is 2.09. The van der Waals surface area contributed by atoms with Gasteiger partial charge in [0.25, 0.3) is 0 Å². The number of hydrogen-bond donors (Lipinski definition) is 1. The van der Waals surface area contributed by atoms with Crippen LogP contribution < -0.4 is 0 Å². The van der Waals surface area contributed by atoms with Gasteiger partial charge < -0.3 is 10.0 Å². The van der Waals surface area contributed by atoms with Crippen molar-refractivity contribution in [1.29, 1.82) is 0 Å². The summed E-state index contributed by atoms with van der Waals surface area (Å²) in [5, 5.41) is 9.06. The van der Waals surface area contributed by atoms with Crippen molar-refractivity contribution < 1.29 is 14.7 Å². The van der Waals surface area contributed by atoms with Gasteiger partial charge in [0.05, 0.1) is 11.8 Å². The van der Waals surface area contributed by atoms with Crippen molar-refractivity contribution in [2.24, 2.45) is 11.8 Å². The lowest BCUT2D eigenvalue weighted by molar-refractivity contribution is -0.150. The van der Waals surface area contributed by atoms with Gasteiger partial charge in [0.15, 0.2) is 0 Å². The summed E-state index contributed by atoms with van der Waals surface area (Å²) in [6.07, 6.45) is 5.66. The van der Waals surface area contributed by atoms with E-state index in [-0.39, 0.29) is 11.8 Å². The topological polar surface area (TPSA) is 57.6 Å². The molecule has 1 amide bonds. The maximum Gasteiger partial charge on any atom is 0.307 e. The molecule has 0 bridgehead atoms. The number of allylic oxidation sites excluding steroid dienone is 2. The predicted molar refractivity (Wildman–Crippen MR) is 60.9 cm³/mol. The molecule has 0 fully saturated rings. The van der Waals surface area contributed by atoms with Crippen LogP contribution in [-0.4, -0.2) is 35.5 Å². The van der Waals surface area contributed by atoms with Gasteiger partial charge >= 0.3 is 5.97 Å². The summed E-state index contributed by atoms with van der Waals surface area (Å²) in [7, 11) is 1.74. The van der Waals surface area contributed by atoms with Crippen molar-refractivity contribution in [1.82, 2.24) is 4.90 Å². The number of carboxylic acid groups (broad SMARTS) is 1. The van der Waals surface area contributed by atoms with E-state index < -0.39 is 11.9 Å². The highest BCUT2D eigenvalue weighted by molar-refractivity contribution is 5.85. The van der Waals surface area contributed by atoms with Gasteiger partial charge in [-0.3, -0.25) is 9.59 Å². The zero-order valence-electron chi connectivity index (χ0n) is 9.85. The highest BCUT2D eigenvalue weighted by Crippen LogP contribution is 2.27. The van der Waals surface area contributed by atoms with Crippen LogP contribution in [0.5, 0.6) is 0 Å². The number of carbonyl (C=O) groups is 2. The van der Waals surface area contributed by atoms with E-state index in [1.165, 1.54) is 0 Å². The average molecular weight is 225 g/mol. The van der Waals surface area contributed by atoms with E-state index in [1.54, 1.807) is 11.9 Å². The molecule has 1 aliphatic rings. The number of carbonyl (C=O) groups excluding carboxylic acids is 1. The van der Waals surface area contributed by atoms with Crippen LogP contribution in [-0.2, 0) is 9.59 Å². The quantitative estimate of drug-likeness (QED) is 0.738. The zero-order valence-corrected chi connectivity index (χ0v) is 9.85. The summed E-state index contributed by atoms with van der Waals surface area (Å²) in [6.45, 7) is 2.69. The summed E-state index contributed by atoms with van der Waals surface area (Å²) in [6, 6.07) is 0. The van der Waals surface area contributed by atoms with Crippen LogP contribution in [0.25, 0.3) is 0 Å². The van der Waals surface area contributed by atoms with Crippen molar-refractivity contribution in [3.63, 3.8) is 0 Å². The van der Waals surface area contributed by atoms with Crippen molar-refractivity contribution in [3.8, 4) is 0 Å². The normalized spacial score (nSPS) is 24.1. The summed E-state index contributed by atoms with van der Waals surface area (Å²) in [5.74, 6) is -1.86. The third-order valence-electron chi connectivity index (χ3n) is 3.00. The Morgan fingerprint density at radius 2 is 1.88 bits per heavy atom. The predicted octanol–water partition coefficient (Wildman–Crippen LogP) is 1.52. The van der Waals surface area contributed by atoms with E-state index in [0.29, 0.717) is 19.4 Å². The smallest absolute Gasteiger partial charge is 0.307 e. The Hall–Kier alpha value is -1.32. The number of amides is 1. The van der Waals surface area contributed by atoms with E-state index in [0.717, 1.165) is 6.42 Å². The molecule has 0 aromatic carbocycles. The van der Waals surface area contributed by atoms with Crippen molar-refractivity contribution in [2.45, 2.75) is 26.2 Å². The number of rotatable bonds is 4. The Kier molecular flexibility index (Phi) is 4.52. The molecule has 0 aromatic heterocycles. The summed E-state index contributed by atoms with van der Waals surface area (Å²) < 4.78 is 0. The standard InChI is InChI=1S/C12H19NO3/c1-3-8-13(2)11(14)9-6-4-5-7-10(9)12(15)16/h4-5,9-10H,3,6-8H2,1-2H3,(H,15,16). The van der Waals surface area contributed by atoms with E-state index in [4.69, 9.17) is 5.11 Å². The highest BCUT2D eigenvalue weighted by Gasteiger charge is 2.35. The monoisotopic (exact) mass is 225 g/mol. The molecule has 0 spiro atoms. The lowest BCUT2D eigenvalue weighted by Gasteiger charge is -2.28. The number of aliphatic carboxylic acids is 1. The third-order valence-corrected chi connectivity index (χ3v) is 3.00. The van der Waals surface area contributed by atoms with Crippen LogP contribution in [0.1, 0.15) is 26.2 Å². The summed E-state index contributed by atoms with van der Waals surface area (Å²) in [5.41, 5.74) is 0. The molecule has 2 atom stereocenters. The van der Waals surface area contributed by atoms with Crippen LogP contribution in [0, 0.1) is 11.8 Å². The Bertz CT molecular complexity index is 299. The van der Waals surface area contributed by atoms with Gasteiger partial charge in [-0.1, -0.05) is 19.1 Å². The molecular weight excluding hydrogens is 206 g/mol.